The molecule has 0 atom stereocenters. The molecule has 0 aliphatic rings. The van der Waals surface area contributed by atoms with Crippen LogP contribution in [0.5, 0.6) is 0 Å². The maximum absolute atomic E-state index is 11.9. The summed E-state index contributed by atoms with van der Waals surface area (Å²) in [4.78, 5) is 0. The van der Waals surface area contributed by atoms with Crippen molar-refractivity contribution in [3.63, 3.8) is 0 Å². The summed E-state index contributed by atoms with van der Waals surface area (Å²) in [5, 5.41) is 0.436. The largest absolute Gasteiger partial charge is 0.329 e. The average Bonchev–Trinajstić information content (AvgIpc) is 2.15. The monoisotopic (exact) mass is 276 g/mol. The summed E-state index contributed by atoms with van der Waals surface area (Å²) >= 11 is 6.10. The van der Waals surface area contributed by atoms with Crippen molar-refractivity contribution in [3.05, 3.63) is 28.3 Å². The van der Waals surface area contributed by atoms with E-state index >= 15 is 0 Å². The van der Waals surface area contributed by atoms with E-state index in [1.165, 1.54) is 11.4 Å². The zero-order valence-corrected chi connectivity index (χ0v) is 11.8. The fourth-order valence-electron chi connectivity index (χ4n) is 1.73. The molecule has 6 heteroatoms. The molecule has 0 aromatic heterocycles. The molecule has 0 amide bonds. The van der Waals surface area contributed by atoms with Crippen LogP contribution in [0.2, 0.25) is 5.02 Å². The predicted octanol–water partition coefficient (Wildman–Crippen LogP) is 1.68. The third-order valence-corrected chi connectivity index (χ3v) is 4.56. The first kappa shape index (κ1) is 14.3. The quantitative estimate of drug-likeness (QED) is 0.910. The summed E-state index contributed by atoms with van der Waals surface area (Å²) in [6.45, 7) is 3.84. The van der Waals surface area contributed by atoms with Gasteiger partial charge in [-0.1, -0.05) is 17.7 Å². The van der Waals surface area contributed by atoms with Gasteiger partial charge in [0.05, 0.1) is 16.5 Å². The van der Waals surface area contributed by atoms with Gasteiger partial charge in [-0.2, -0.15) is 0 Å². The SMILES string of the molecule is Cc1cc(C)c(N(C)S(=O)(=O)CCN)c(Cl)c1. The van der Waals surface area contributed by atoms with Crippen LogP contribution in [-0.2, 0) is 10.0 Å². The Hall–Kier alpha value is -0.780. The molecule has 0 bridgehead atoms. The number of anilines is 1. The Morgan fingerprint density at radius 1 is 1.35 bits per heavy atom. The lowest BCUT2D eigenvalue weighted by Crippen LogP contribution is -2.32. The van der Waals surface area contributed by atoms with Crippen LogP contribution in [-0.4, -0.2) is 27.8 Å². The molecule has 1 aromatic carbocycles. The van der Waals surface area contributed by atoms with Gasteiger partial charge in [0.15, 0.2) is 0 Å². The number of halogens is 1. The highest BCUT2D eigenvalue weighted by Gasteiger charge is 2.21. The van der Waals surface area contributed by atoms with E-state index in [1.54, 1.807) is 6.07 Å². The summed E-state index contributed by atoms with van der Waals surface area (Å²) in [6.07, 6.45) is 0. The van der Waals surface area contributed by atoms with Crippen LogP contribution in [0.25, 0.3) is 0 Å². The van der Waals surface area contributed by atoms with Gasteiger partial charge < -0.3 is 5.73 Å². The van der Waals surface area contributed by atoms with E-state index in [-0.39, 0.29) is 12.3 Å². The molecular weight excluding hydrogens is 260 g/mol. The smallest absolute Gasteiger partial charge is 0.236 e. The average molecular weight is 277 g/mol. The van der Waals surface area contributed by atoms with Crippen molar-refractivity contribution < 1.29 is 8.42 Å². The molecular formula is C11H17ClN2O2S. The van der Waals surface area contributed by atoms with Crippen LogP contribution < -0.4 is 10.0 Å². The first-order chi connectivity index (χ1) is 7.79. The normalized spacial score (nSPS) is 11.6. The number of nitrogens with zero attached hydrogens (tertiary/aromatic N) is 1. The molecule has 0 fully saturated rings. The number of rotatable bonds is 4. The molecule has 1 rings (SSSR count). The highest BCUT2D eigenvalue weighted by atomic mass is 35.5. The van der Waals surface area contributed by atoms with Gasteiger partial charge in [0.25, 0.3) is 0 Å². The molecule has 0 saturated heterocycles. The predicted molar refractivity (Wildman–Crippen MR) is 72.2 cm³/mol. The summed E-state index contributed by atoms with van der Waals surface area (Å²) in [5.41, 5.74) is 7.64. The lowest BCUT2D eigenvalue weighted by Gasteiger charge is -2.22. The minimum Gasteiger partial charge on any atom is -0.329 e. The van der Waals surface area contributed by atoms with Gasteiger partial charge in [-0.15, -0.1) is 0 Å². The molecule has 96 valence electrons. The van der Waals surface area contributed by atoms with E-state index in [0.717, 1.165) is 11.1 Å². The molecule has 4 nitrogen and oxygen atoms in total. The maximum Gasteiger partial charge on any atom is 0.236 e. The fourth-order valence-corrected chi connectivity index (χ4v) is 3.32. The van der Waals surface area contributed by atoms with Crippen molar-refractivity contribution in [1.29, 1.82) is 0 Å². The fraction of sp³-hybridized carbons (Fsp3) is 0.455. The van der Waals surface area contributed by atoms with Crippen molar-refractivity contribution in [2.75, 3.05) is 23.7 Å². The second-order valence-electron chi connectivity index (χ2n) is 3.98. The molecule has 0 saturated carbocycles. The Balaban J connectivity index is 3.26. The van der Waals surface area contributed by atoms with Crippen LogP contribution in [0.15, 0.2) is 12.1 Å². The minimum atomic E-state index is -3.40. The molecule has 0 heterocycles. The Kier molecular flexibility index (Phi) is 4.41. The first-order valence-corrected chi connectivity index (χ1v) is 7.21. The highest BCUT2D eigenvalue weighted by Crippen LogP contribution is 2.31. The van der Waals surface area contributed by atoms with E-state index < -0.39 is 10.0 Å². The minimum absolute atomic E-state index is 0.0901. The van der Waals surface area contributed by atoms with E-state index in [4.69, 9.17) is 17.3 Å². The number of sulfonamides is 1. The highest BCUT2D eigenvalue weighted by molar-refractivity contribution is 7.92. The first-order valence-electron chi connectivity index (χ1n) is 5.23. The zero-order valence-electron chi connectivity index (χ0n) is 10.2. The molecule has 0 unspecified atom stereocenters. The van der Waals surface area contributed by atoms with Crippen LogP contribution in [0, 0.1) is 13.8 Å². The second kappa shape index (κ2) is 5.25. The maximum atomic E-state index is 11.9. The van der Waals surface area contributed by atoms with Crippen molar-refractivity contribution in [3.8, 4) is 0 Å². The van der Waals surface area contributed by atoms with E-state index in [0.29, 0.717) is 10.7 Å². The van der Waals surface area contributed by atoms with Crippen LogP contribution in [0.4, 0.5) is 5.69 Å². The Bertz CT molecular complexity index is 491. The molecule has 2 N–H and O–H groups in total. The van der Waals surface area contributed by atoms with Gasteiger partial charge in [-0.25, -0.2) is 8.42 Å². The summed E-state index contributed by atoms with van der Waals surface area (Å²) in [5.74, 6) is -0.0901. The molecule has 0 aliphatic heterocycles. The second-order valence-corrected chi connectivity index (χ2v) is 6.51. The number of aryl methyl sites for hydroxylation is 2. The van der Waals surface area contributed by atoms with Gasteiger partial charge in [0, 0.05) is 13.6 Å². The summed E-state index contributed by atoms with van der Waals surface area (Å²) in [6, 6.07) is 3.65. The van der Waals surface area contributed by atoms with Crippen molar-refractivity contribution in [1.82, 2.24) is 0 Å². The molecule has 0 aliphatic carbocycles. The third kappa shape index (κ3) is 3.12. The Morgan fingerprint density at radius 3 is 2.41 bits per heavy atom. The molecule has 0 spiro atoms. The van der Waals surface area contributed by atoms with E-state index in [2.05, 4.69) is 0 Å². The van der Waals surface area contributed by atoms with Gasteiger partial charge in [-0.05, 0) is 31.0 Å². The number of hydrogen-bond donors (Lipinski definition) is 1. The summed E-state index contributed by atoms with van der Waals surface area (Å²) in [7, 11) is -1.90. The zero-order chi connectivity index (χ0) is 13.2. The standard InChI is InChI=1S/C11H17ClN2O2S/c1-8-6-9(2)11(10(12)7-8)14(3)17(15,16)5-4-13/h6-7H,4-5,13H2,1-3H3. The molecule has 17 heavy (non-hydrogen) atoms. The van der Waals surface area contributed by atoms with E-state index in [9.17, 15) is 8.42 Å². The Morgan fingerprint density at radius 2 is 1.94 bits per heavy atom. The molecule has 0 radical (unpaired) electrons. The van der Waals surface area contributed by atoms with Crippen molar-refractivity contribution in [2.45, 2.75) is 13.8 Å². The van der Waals surface area contributed by atoms with Gasteiger partial charge in [0.1, 0.15) is 0 Å². The topological polar surface area (TPSA) is 63.4 Å². The summed E-state index contributed by atoms with van der Waals surface area (Å²) < 4.78 is 25.0. The van der Waals surface area contributed by atoms with Gasteiger partial charge >= 0.3 is 0 Å². The third-order valence-electron chi connectivity index (χ3n) is 2.51. The Labute approximate surface area is 107 Å². The number of benzene rings is 1. The molecule has 1 aromatic rings. The van der Waals surface area contributed by atoms with Crippen LogP contribution in [0.3, 0.4) is 0 Å². The lowest BCUT2D eigenvalue weighted by atomic mass is 10.1. The van der Waals surface area contributed by atoms with Gasteiger partial charge in [-0.3, -0.25) is 4.31 Å². The van der Waals surface area contributed by atoms with E-state index in [1.807, 2.05) is 19.9 Å². The van der Waals surface area contributed by atoms with Crippen LogP contribution >= 0.6 is 11.6 Å². The van der Waals surface area contributed by atoms with Crippen LogP contribution in [0.1, 0.15) is 11.1 Å². The number of hydrogen-bond acceptors (Lipinski definition) is 3. The van der Waals surface area contributed by atoms with Crippen molar-refractivity contribution >= 4 is 27.3 Å². The van der Waals surface area contributed by atoms with Crippen molar-refractivity contribution in [2.24, 2.45) is 5.73 Å². The lowest BCUT2D eigenvalue weighted by molar-refractivity contribution is 0.594. The number of nitrogens with two attached hydrogens (primary N) is 1. The van der Waals surface area contributed by atoms with Gasteiger partial charge in [0.2, 0.25) is 10.0 Å².